The van der Waals surface area contributed by atoms with Gasteiger partial charge in [0.1, 0.15) is 0 Å². The van der Waals surface area contributed by atoms with E-state index in [1.165, 1.54) is 141 Å². The van der Waals surface area contributed by atoms with Crippen molar-refractivity contribution in [2.45, 2.75) is 219 Å². The summed E-state index contributed by atoms with van der Waals surface area (Å²) in [6, 6.07) is -0.531. The van der Waals surface area contributed by atoms with Crippen LogP contribution in [-0.4, -0.2) is 34.9 Å². The molecule has 0 heterocycles. The number of aliphatic hydroxyl groups excluding tert-OH is 2. The number of rotatable bonds is 35. The predicted molar refractivity (Wildman–Crippen MR) is 193 cm³/mol. The second kappa shape index (κ2) is 36.3. The first-order valence-corrected chi connectivity index (χ1v) is 19.5. The Hall–Kier alpha value is -1.13. The first-order chi connectivity index (χ1) is 21.7. The number of hydrogen-bond acceptors (Lipinski definition) is 3. The highest BCUT2D eigenvalue weighted by atomic mass is 16.3. The van der Waals surface area contributed by atoms with Gasteiger partial charge in [0.25, 0.3) is 0 Å². The van der Waals surface area contributed by atoms with E-state index in [-0.39, 0.29) is 12.5 Å². The lowest BCUT2D eigenvalue weighted by Gasteiger charge is -2.22. The molecule has 4 nitrogen and oxygen atoms in total. The molecule has 0 aromatic carbocycles. The molecular weight excluding hydrogens is 542 g/mol. The van der Waals surface area contributed by atoms with Gasteiger partial charge in [0.15, 0.2) is 0 Å². The van der Waals surface area contributed by atoms with E-state index in [0.717, 1.165) is 38.5 Å². The molecule has 0 rings (SSSR count). The number of unbranched alkanes of at least 4 members (excludes halogenated alkanes) is 24. The quantitative estimate of drug-likeness (QED) is 0.0488. The van der Waals surface area contributed by atoms with Crippen molar-refractivity contribution in [2.24, 2.45) is 0 Å². The highest BCUT2D eigenvalue weighted by molar-refractivity contribution is 5.76. The molecule has 0 bridgehead atoms. The van der Waals surface area contributed by atoms with Crippen LogP contribution in [0, 0.1) is 0 Å². The van der Waals surface area contributed by atoms with E-state index in [9.17, 15) is 15.0 Å². The Labute approximate surface area is 275 Å². The fourth-order valence-corrected chi connectivity index (χ4v) is 5.99. The van der Waals surface area contributed by atoms with Crippen LogP contribution < -0.4 is 5.32 Å². The third-order valence-electron chi connectivity index (χ3n) is 8.98. The summed E-state index contributed by atoms with van der Waals surface area (Å²) in [6.07, 6.45) is 45.3. The molecule has 0 aliphatic heterocycles. The fourth-order valence-electron chi connectivity index (χ4n) is 5.99. The van der Waals surface area contributed by atoms with Crippen LogP contribution >= 0.6 is 0 Å². The van der Waals surface area contributed by atoms with E-state index in [1.54, 1.807) is 0 Å². The summed E-state index contributed by atoms with van der Waals surface area (Å²) < 4.78 is 0. The van der Waals surface area contributed by atoms with Crippen LogP contribution in [0.2, 0.25) is 0 Å². The Morgan fingerprint density at radius 3 is 1.48 bits per heavy atom. The molecule has 2 atom stereocenters. The molecule has 0 aromatic heterocycles. The Morgan fingerprint density at radius 1 is 0.568 bits per heavy atom. The molecule has 1 amide bonds. The summed E-state index contributed by atoms with van der Waals surface area (Å²) in [5, 5.41) is 23.0. The molecule has 0 radical (unpaired) electrons. The van der Waals surface area contributed by atoms with E-state index in [1.807, 2.05) is 0 Å². The van der Waals surface area contributed by atoms with Gasteiger partial charge in [-0.3, -0.25) is 4.79 Å². The lowest BCUT2D eigenvalue weighted by molar-refractivity contribution is -0.123. The van der Waals surface area contributed by atoms with E-state index < -0.39 is 12.1 Å². The van der Waals surface area contributed by atoms with E-state index in [2.05, 4.69) is 43.5 Å². The molecule has 4 heteroatoms. The van der Waals surface area contributed by atoms with Gasteiger partial charge in [0.05, 0.1) is 18.8 Å². The normalized spacial score (nSPS) is 13.3. The lowest BCUT2D eigenvalue weighted by atomic mass is 10.0. The highest BCUT2D eigenvalue weighted by Crippen LogP contribution is 2.15. The number of allylic oxidation sites excluding steroid dienone is 4. The average molecular weight is 620 g/mol. The van der Waals surface area contributed by atoms with Gasteiger partial charge >= 0.3 is 0 Å². The maximum absolute atomic E-state index is 12.3. The Balaban J connectivity index is 3.49. The molecule has 260 valence electrons. The van der Waals surface area contributed by atoms with Crippen LogP contribution in [0.25, 0.3) is 0 Å². The highest BCUT2D eigenvalue weighted by Gasteiger charge is 2.19. The zero-order valence-corrected chi connectivity index (χ0v) is 29.7. The van der Waals surface area contributed by atoms with Crippen LogP contribution in [0.5, 0.6) is 0 Å². The first kappa shape index (κ1) is 42.9. The van der Waals surface area contributed by atoms with E-state index in [0.29, 0.717) is 12.8 Å². The SMILES string of the molecule is CC/C=C\C/C=C\CCCCCCCCCCCCCCCCC(=O)NC(CO)C(O)CCCCCCCCCCCCC. The Bertz CT molecular complexity index is 632. The minimum atomic E-state index is -0.655. The summed E-state index contributed by atoms with van der Waals surface area (Å²) in [5.74, 6) is -0.0330. The summed E-state index contributed by atoms with van der Waals surface area (Å²) in [7, 11) is 0. The minimum absolute atomic E-state index is 0.0330. The van der Waals surface area contributed by atoms with Gasteiger partial charge in [-0.15, -0.1) is 0 Å². The maximum Gasteiger partial charge on any atom is 0.220 e. The number of carbonyl (C=O) groups is 1. The summed E-state index contributed by atoms with van der Waals surface area (Å²) in [6.45, 7) is 4.25. The lowest BCUT2D eigenvalue weighted by Crippen LogP contribution is -2.45. The molecule has 44 heavy (non-hydrogen) atoms. The van der Waals surface area contributed by atoms with Crippen molar-refractivity contribution in [3.63, 3.8) is 0 Å². The summed E-state index contributed by atoms with van der Waals surface area (Å²) >= 11 is 0. The Morgan fingerprint density at radius 2 is 1.00 bits per heavy atom. The monoisotopic (exact) mass is 620 g/mol. The van der Waals surface area contributed by atoms with Crippen LogP contribution in [-0.2, 0) is 4.79 Å². The molecule has 0 aromatic rings. The third kappa shape index (κ3) is 32.3. The van der Waals surface area contributed by atoms with Gasteiger partial charge in [-0.2, -0.15) is 0 Å². The van der Waals surface area contributed by atoms with Crippen LogP contribution in [0.15, 0.2) is 24.3 Å². The topological polar surface area (TPSA) is 69.6 Å². The van der Waals surface area contributed by atoms with Crippen molar-refractivity contribution >= 4 is 5.91 Å². The largest absolute Gasteiger partial charge is 0.394 e. The summed E-state index contributed by atoms with van der Waals surface area (Å²) in [4.78, 5) is 12.3. The number of hydrogen-bond donors (Lipinski definition) is 3. The van der Waals surface area contributed by atoms with E-state index in [4.69, 9.17) is 0 Å². The zero-order valence-electron chi connectivity index (χ0n) is 29.7. The second-order valence-electron chi connectivity index (χ2n) is 13.3. The standard InChI is InChI=1S/C40H77NO3/c1-3-5-7-9-11-13-15-16-17-18-19-20-21-22-23-24-26-28-30-32-34-36-40(44)41-38(37-42)39(43)35-33-31-29-27-25-14-12-10-8-6-4-2/h5,7,11,13,38-39,42-43H,3-4,6,8-10,12,14-37H2,1-2H3,(H,41,44)/b7-5-,13-11-. The Kier molecular flexibility index (Phi) is 35.4. The van der Waals surface area contributed by atoms with Gasteiger partial charge in [-0.1, -0.05) is 186 Å². The molecule has 0 aliphatic carbocycles. The van der Waals surface area contributed by atoms with Crippen molar-refractivity contribution in [1.82, 2.24) is 5.32 Å². The van der Waals surface area contributed by atoms with Crippen molar-refractivity contribution < 1.29 is 15.0 Å². The van der Waals surface area contributed by atoms with Crippen LogP contribution in [0.1, 0.15) is 206 Å². The third-order valence-corrected chi connectivity index (χ3v) is 8.98. The van der Waals surface area contributed by atoms with Crippen LogP contribution in [0.3, 0.4) is 0 Å². The molecule has 0 spiro atoms. The number of aliphatic hydroxyl groups is 2. The number of carbonyl (C=O) groups excluding carboxylic acids is 1. The molecular formula is C40H77NO3. The maximum atomic E-state index is 12.3. The van der Waals surface area contributed by atoms with Gasteiger partial charge in [-0.25, -0.2) is 0 Å². The van der Waals surface area contributed by atoms with Crippen molar-refractivity contribution in [2.75, 3.05) is 6.61 Å². The molecule has 0 saturated carbocycles. The zero-order chi connectivity index (χ0) is 32.2. The van der Waals surface area contributed by atoms with E-state index >= 15 is 0 Å². The number of nitrogens with one attached hydrogen (secondary N) is 1. The van der Waals surface area contributed by atoms with Gasteiger partial charge in [0, 0.05) is 6.42 Å². The molecule has 0 fully saturated rings. The predicted octanol–water partition coefficient (Wildman–Crippen LogP) is 11.7. The first-order valence-electron chi connectivity index (χ1n) is 19.5. The van der Waals surface area contributed by atoms with Gasteiger partial charge in [0.2, 0.25) is 5.91 Å². The fraction of sp³-hybridized carbons (Fsp3) is 0.875. The van der Waals surface area contributed by atoms with Crippen molar-refractivity contribution in [1.29, 1.82) is 0 Å². The molecule has 2 unspecified atom stereocenters. The second-order valence-corrected chi connectivity index (χ2v) is 13.3. The van der Waals surface area contributed by atoms with Gasteiger partial charge < -0.3 is 15.5 Å². The number of amides is 1. The smallest absolute Gasteiger partial charge is 0.220 e. The van der Waals surface area contributed by atoms with Gasteiger partial charge in [-0.05, 0) is 38.5 Å². The van der Waals surface area contributed by atoms with Crippen molar-refractivity contribution in [3.05, 3.63) is 24.3 Å². The minimum Gasteiger partial charge on any atom is -0.394 e. The summed E-state index contributed by atoms with van der Waals surface area (Å²) in [5.41, 5.74) is 0. The average Bonchev–Trinajstić information content (AvgIpc) is 3.03. The molecule has 0 saturated heterocycles. The van der Waals surface area contributed by atoms with Crippen molar-refractivity contribution in [3.8, 4) is 0 Å². The van der Waals surface area contributed by atoms with Crippen LogP contribution in [0.4, 0.5) is 0 Å². The molecule has 0 aliphatic rings. The molecule has 3 N–H and O–H groups in total.